The Balaban J connectivity index is 2.52. The highest BCUT2D eigenvalue weighted by Gasteiger charge is 2.33. The van der Waals surface area contributed by atoms with Crippen molar-refractivity contribution in [3.63, 3.8) is 0 Å². The Labute approximate surface area is 163 Å². The van der Waals surface area contributed by atoms with Crippen LogP contribution in [-0.2, 0) is 0 Å². The largest absolute Gasteiger partial charge is 0.497 e. The lowest BCUT2D eigenvalue weighted by atomic mass is 9.81. The molecule has 0 spiro atoms. The van der Waals surface area contributed by atoms with Crippen molar-refractivity contribution >= 4 is 11.8 Å². The molecule has 0 fully saturated rings. The van der Waals surface area contributed by atoms with Crippen molar-refractivity contribution in [3.05, 3.63) is 57.6 Å². The number of nitrogens with one attached hydrogen (secondary N) is 1. The van der Waals surface area contributed by atoms with E-state index in [4.69, 9.17) is 9.47 Å². The second-order valence-electron chi connectivity index (χ2n) is 7.51. The number of carbonyl (C=O) groups is 1. The zero-order valence-corrected chi connectivity index (χ0v) is 16.5. The fourth-order valence-corrected chi connectivity index (χ4v) is 2.90. The molecule has 2 N–H and O–H groups in total. The summed E-state index contributed by atoms with van der Waals surface area (Å²) in [4.78, 5) is 22.2. The van der Waals surface area contributed by atoms with Crippen LogP contribution in [0, 0.1) is 22.5 Å². The van der Waals surface area contributed by atoms with Crippen molar-refractivity contribution in [1.82, 2.24) is 5.32 Å². The molecule has 0 saturated carbocycles. The highest BCUT2D eigenvalue weighted by atomic mass is 16.6. The van der Waals surface area contributed by atoms with Crippen molar-refractivity contribution in [2.24, 2.45) is 5.41 Å². The zero-order valence-electron chi connectivity index (χ0n) is 16.5. The molecule has 0 radical (unpaired) electrons. The van der Waals surface area contributed by atoms with Gasteiger partial charge >= 0.3 is 6.09 Å². The first-order chi connectivity index (χ1) is 13.0. The minimum atomic E-state index is -1.26. The van der Waals surface area contributed by atoms with Gasteiger partial charge in [-0.1, -0.05) is 20.8 Å². The molecule has 2 aromatic rings. The summed E-state index contributed by atoms with van der Waals surface area (Å²) in [6.45, 7) is 7.30. The SMILES string of the molecule is COc1cc(C)cc(Oc2ccc([N+](=O)[O-])c(C(NC(=O)O)C(C)(C)C)c2)c1. The lowest BCUT2D eigenvalue weighted by Gasteiger charge is -2.30. The maximum atomic E-state index is 11.5. The van der Waals surface area contributed by atoms with Gasteiger partial charge in [-0.3, -0.25) is 10.1 Å². The number of hydrogen-bond donors (Lipinski definition) is 2. The number of rotatable bonds is 6. The molecule has 1 amide bonds. The van der Waals surface area contributed by atoms with Crippen LogP contribution in [-0.4, -0.2) is 23.2 Å². The van der Waals surface area contributed by atoms with Crippen LogP contribution < -0.4 is 14.8 Å². The lowest BCUT2D eigenvalue weighted by Crippen LogP contribution is -2.36. The summed E-state index contributed by atoms with van der Waals surface area (Å²) in [5.41, 5.74) is 0.380. The smallest absolute Gasteiger partial charge is 0.405 e. The minimum absolute atomic E-state index is 0.178. The van der Waals surface area contributed by atoms with Crippen LogP contribution >= 0.6 is 0 Å². The first-order valence-electron chi connectivity index (χ1n) is 8.62. The second kappa shape index (κ2) is 8.16. The molecule has 8 nitrogen and oxygen atoms in total. The third kappa shape index (κ3) is 5.12. The van der Waals surface area contributed by atoms with Gasteiger partial charge in [-0.2, -0.15) is 0 Å². The number of nitro groups is 1. The van der Waals surface area contributed by atoms with Gasteiger partial charge in [0.05, 0.1) is 23.6 Å². The molecule has 0 aliphatic carbocycles. The van der Waals surface area contributed by atoms with E-state index < -0.39 is 22.5 Å². The second-order valence-corrected chi connectivity index (χ2v) is 7.51. The first kappa shape index (κ1) is 21.0. The van der Waals surface area contributed by atoms with Gasteiger partial charge in [0, 0.05) is 12.1 Å². The molecule has 1 atom stereocenters. The number of hydrogen-bond acceptors (Lipinski definition) is 5. The van der Waals surface area contributed by atoms with Crippen LogP contribution in [0.25, 0.3) is 0 Å². The summed E-state index contributed by atoms with van der Waals surface area (Å²) in [6.07, 6.45) is -1.26. The fourth-order valence-electron chi connectivity index (χ4n) is 2.90. The van der Waals surface area contributed by atoms with E-state index >= 15 is 0 Å². The fraction of sp³-hybridized carbons (Fsp3) is 0.350. The number of amides is 1. The van der Waals surface area contributed by atoms with E-state index in [1.165, 1.54) is 18.2 Å². The summed E-state index contributed by atoms with van der Waals surface area (Å²) < 4.78 is 11.1. The van der Waals surface area contributed by atoms with Gasteiger partial charge in [0.1, 0.15) is 17.2 Å². The number of carboxylic acid groups (broad SMARTS) is 1. The molecule has 0 aromatic heterocycles. The third-order valence-electron chi connectivity index (χ3n) is 4.14. The van der Waals surface area contributed by atoms with Crippen LogP contribution in [0.4, 0.5) is 10.5 Å². The van der Waals surface area contributed by atoms with E-state index in [9.17, 15) is 20.0 Å². The van der Waals surface area contributed by atoms with E-state index in [2.05, 4.69) is 5.32 Å². The van der Waals surface area contributed by atoms with Crippen LogP contribution in [0.15, 0.2) is 36.4 Å². The van der Waals surface area contributed by atoms with Gasteiger partial charge < -0.3 is 19.9 Å². The Bertz CT molecular complexity index is 889. The number of nitro benzene ring substituents is 1. The Morgan fingerprint density at radius 3 is 2.32 bits per heavy atom. The average molecular weight is 388 g/mol. The van der Waals surface area contributed by atoms with E-state index in [1.54, 1.807) is 40.0 Å². The van der Waals surface area contributed by atoms with E-state index in [-0.39, 0.29) is 11.3 Å². The first-order valence-corrected chi connectivity index (χ1v) is 8.62. The summed E-state index contributed by atoms with van der Waals surface area (Å²) in [5.74, 6) is 1.49. The van der Waals surface area contributed by atoms with Crippen molar-refractivity contribution in [2.45, 2.75) is 33.7 Å². The predicted molar refractivity (Wildman–Crippen MR) is 104 cm³/mol. The summed E-state index contributed by atoms with van der Waals surface area (Å²) in [7, 11) is 1.55. The van der Waals surface area contributed by atoms with Gasteiger partial charge in [-0.15, -0.1) is 0 Å². The van der Waals surface area contributed by atoms with Gasteiger partial charge in [0.2, 0.25) is 0 Å². The van der Waals surface area contributed by atoms with Crippen LogP contribution in [0.3, 0.4) is 0 Å². The molecule has 0 saturated heterocycles. The molecule has 150 valence electrons. The maximum absolute atomic E-state index is 11.5. The van der Waals surface area contributed by atoms with Crippen molar-refractivity contribution < 1.29 is 24.3 Å². The monoisotopic (exact) mass is 388 g/mol. The molecule has 0 aliphatic rings. The zero-order chi connectivity index (χ0) is 21.1. The molecule has 2 aromatic carbocycles. The van der Waals surface area contributed by atoms with Crippen LogP contribution in [0.1, 0.15) is 37.9 Å². The van der Waals surface area contributed by atoms with E-state index in [1.807, 2.05) is 13.0 Å². The number of aryl methyl sites for hydroxylation is 1. The third-order valence-corrected chi connectivity index (χ3v) is 4.14. The number of benzene rings is 2. The quantitative estimate of drug-likeness (QED) is 0.528. The Morgan fingerprint density at radius 2 is 1.79 bits per heavy atom. The standard InChI is InChI=1S/C20H24N2O6/c1-12-8-14(27-5)10-15(9-12)28-13-6-7-17(22(25)26)16(11-13)18(20(2,3)4)21-19(23)24/h6-11,18,21H,1-5H3,(H,23,24). The van der Waals surface area contributed by atoms with Crippen molar-refractivity contribution in [3.8, 4) is 17.2 Å². The molecule has 1 unspecified atom stereocenters. The van der Waals surface area contributed by atoms with Gasteiger partial charge in [-0.25, -0.2) is 4.79 Å². The minimum Gasteiger partial charge on any atom is -0.497 e. The topological polar surface area (TPSA) is 111 Å². The molecular weight excluding hydrogens is 364 g/mol. The summed E-state index contributed by atoms with van der Waals surface area (Å²) in [5, 5.41) is 23.1. The molecule has 0 bridgehead atoms. The van der Waals surface area contributed by atoms with E-state index in [0.717, 1.165) is 5.56 Å². The summed E-state index contributed by atoms with van der Waals surface area (Å²) in [6, 6.07) is 8.85. The van der Waals surface area contributed by atoms with Gasteiger partial charge in [0.15, 0.2) is 0 Å². The number of ether oxygens (including phenoxy) is 2. The van der Waals surface area contributed by atoms with E-state index in [0.29, 0.717) is 17.2 Å². The van der Waals surface area contributed by atoms with Crippen molar-refractivity contribution in [2.75, 3.05) is 7.11 Å². The van der Waals surface area contributed by atoms with Crippen LogP contribution in [0.2, 0.25) is 0 Å². The molecule has 8 heteroatoms. The van der Waals surface area contributed by atoms with Gasteiger partial charge in [0.25, 0.3) is 5.69 Å². The predicted octanol–water partition coefficient (Wildman–Crippen LogP) is 5.06. The Kier molecular flexibility index (Phi) is 6.12. The highest BCUT2D eigenvalue weighted by molar-refractivity contribution is 5.66. The normalized spacial score (nSPS) is 12.2. The average Bonchev–Trinajstić information content (AvgIpc) is 2.57. The molecule has 2 rings (SSSR count). The number of nitrogens with zero attached hydrogens (tertiary/aromatic N) is 1. The highest BCUT2D eigenvalue weighted by Crippen LogP contribution is 2.40. The Hall–Kier alpha value is -3.29. The summed E-state index contributed by atoms with van der Waals surface area (Å²) >= 11 is 0. The molecular formula is C20H24N2O6. The molecule has 0 heterocycles. The van der Waals surface area contributed by atoms with Crippen molar-refractivity contribution in [1.29, 1.82) is 0 Å². The Morgan fingerprint density at radius 1 is 1.14 bits per heavy atom. The maximum Gasteiger partial charge on any atom is 0.405 e. The number of methoxy groups -OCH3 is 1. The lowest BCUT2D eigenvalue weighted by molar-refractivity contribution is -0.386. The molecule has 0 aliphatic heterocycles. The van der Waals surface area contributed by atoms with Gasteiger partial charge in [-0.05, 0) is 42.2 Å². The van der Waals surface area contributed by atoms with Crippen LogP contribution in [0.5, 0.6) is 17.2 Å². The molecule has 28 heavy (non-hydrogen) atoms.